The molecule has 2 aromatic rings. The lowest BCUT2D eigenvalue weighted by Gasteiger charge is -2.18. The number of nitrogens with two attached hydrogens (primary N) is 1. The predicted octanol–water partition coefficient (Wildman–Crippen LogP) is 3.54. The first-order valence-electron chi connectivity index (χ1n) is 6.48. The second-order valence-corrected chi connectivity index (χ2v) is 4.97. The summed E-state index contributed by atoms with van der Waals surface area (Å²) in [6.07, 6.45) is 1.94. The molecule has 1 unspecified atom stereocenters. The van der Waals surface area contributed by atoms with Gasteiger partial charge in [0.25, 0.3) is 0 Å². The lowest BCUT2D eigenvalue weighted by Crippen LogP contribution is -2.13. The SMILES string of the molecule is CCC(Nc1ccc(C(N)=O)c(Cl)c1)c1ccc(F)cn1. The quantitative estimate of drug-likeness (QED) is 0.888. The fourth-order valence-electron chi connectivity index (χ4n) is 1.98. The highest BCUT2D eigenvalue weighted by molar-refractivity contribution is 6.34. The highest BCUT2D eigenvalue weighted by Gasteiger charge is 2.13. The van der Waals surface area contributed by atoms with Gasteiger partial charge in [0, 0.05) is 5.69 Å². The van der Waals surface area contributed by atoms with Crippen LogP contribution in [0, 0.1) is 5.82 Å². The van der Waals surface area contributed by atoms with E-state index in [4.69, 9.17) is 17.3 Å². The van der Waals surface area contributed by atoms with Gasteiger partial charge in [-0.2, -0.15) is 0 Å². The van der Waals surface area contributed by atoms with E-state index < -0.39 is 5.91 Å². The summed E-state index contributed by atoms with van der Waals surface area (Å²) >= 11 is 6.01. The van der Waals surface area contributed by atoms with Crippen LogP contribution in [0.15, 0.2) is 36.5 Å². The van der Waals surface area contributed by atoms with Gasteiger partial charge in [-0.05, 0) is 36.8 Å². The van der Waals surface area contributed by atoms with Gasteiger partial charge in [-0.3, -0.25) is 9.78 Å². The van der Waals surface area contributed by atoms with Crippen LogP contribution in [-0.2, 0) is 0 Å². The first-order chi connectivity index (χ1) is 10.0. The summed E-state index contributed by atoms with van der Waals surface area (Å²) in [5, 5.41) is 3.54. The Labute approximate surface area is 127 Å². The second kappa shape index (κ2) is 6.54. The van der Waals surface area contributed by atoms with Crippen molar-refractivity contribution in [2.24, 2.45) is 5.73 Å². The first kappa shape index (κ1) is 15.3. The van der Waals surface area contributed by atoms with Crippen molar-refractivity contribution in [3.05, 3.63) is 58.6 Å². The van der Waals surface area contributed by atoms with Gasteiger partial charge in [0.15, 0.2) is 0 Å². The van der Waals surface area contributed by atoms with Crippen molar-refractivity contribution < 1.29 is 9.18 Å². The number of hydrogen-bond donors (Lipinski definition) is 2. The van der Waals surface area contributed by atoms with Crippen molar-refractivity contribution in [2.75, 3.05) is 5.32 Å². The third-order valence-electron chi connectivity index (χ3n) is 3.09. The van der Waals surface area contributed by atoms with E-state index in [-0.39, 0.29) is 22.4 Å². The maximum Gasteiger partial charge on any atom is 0.250 e. The molecule has 0 fully saturated rings. The van der Waals surface area contributed by atoms with Crippen LogP contribution in [0.2, 0.25) is 5.02 Å². The van der Waals surface area contributed by atoms with Gasteiger partial charge in [-0.25, -0.2) is 4.39 Å². The van der Waals surface area contributed by atoms with E-state index in [0.717, 1.165) is 17.8 Å². The topological polar surface area (TPSA) is 68.0 Å². The van der Waals surface area contributed by atoms with Crippen molar-refractivity contribution in [3.8, 4) is 0 Å². The van der Waals surface area contributed by atoms with Crippen molar-refractivity contribution in [1.29, 1.82) is 0 Å². The van der Waals surface area contributed by atoms with Crippen LogP contribution >= 0.6 is 11.6 Å². The van der Waals surface area contributed by atoms with E-state index >= 15 is 0 Å². The van der Waals surface area contributed by atoms with Gasteiger partial charge in [0.2, 0.25) is 5.91 Å². The van der Waals surface area contributed by atoms with E-state index in [9.17, 15) is 9.18 Å². The maximum atomic E-state index is 12.9. The molecule has 0 bridgehead atoms. The van der Waals surface area contributed by atoms with Gasteiger partial charge in [0.05, 0.1) is 28.5 Å². The van der Waals surface area contributed by atoms with Crippen molar-refractivity contribution >= 4 is 23.2 Å². The van der Waals surface area contributed by atoms with Crippen LogP contribution in [0.1, 0.15) is 35.4 Å². The average molecular weight is 308 g/mol. The van der Waals surface area contributed by atoms with Crippen molar-refractivity contribution in [1.82, 2.24) is 4.98 Å². The Hall–Kier alpha value is -2.14. The normalized spacial score (nSPS) is 12.0. The summed E-state index contributed by atoms with van der Waals surface area (Å²) in [5.41, 5.74) is 6.95. The summed E-state index contributed by atoms with van der Waals surface area (Å²) < 4.78 is 12.9. The Kier molecular flexibility index (Phi) is 4.75. The average Bonchev–Trinajstić information content (AvgIpc) is 2.45. The summed E-state index contributed by atoms with van der Waals surface area (Å²) in [4.78, 5) is 15.2. The zero-order chi connectivity index (χ0) is 15.4. The van der Waals surface area contributed by atoms with E-state index in [1.165, 1.54) is 12.3 Å². The number of nitrogens with one attached hydrogen (secondary N) is 1. The number of hydrogen-bond acceptors (Lipinski definition) is 3. The molecular formula is C15H15ClFN3O. The molecule has 110 valence electrons. The number of primary amides is 1. The molecule has 4 nitrogen and oxygen atoms in total. The van der Waals surface area contributed by atoms with Crippen LogP contribution in [-0.4, -0.2) is 10.9 Å². The van der Waals surface area contributed by atoms with Gasteiger partial charge in [-0.1, -0.05) is 18.5 Å². The lowest BCUT2D eigenvalue weighted by molar-refractivity contribution is 0.100. The Morgan fingerprint density at radius 1 is 1.43 bits per heavy atom. The molecule has 0 saturated heterocycles. The van der Waals surface area contributed by atoms with Crippen LogP contribution < -0.4 is 11.1 Å². The van der Waals surface area contributed by atoms with Gasteiger partial charge < -0.3 is 11.1 Å². The van der Waals surface area contributed by atoms with Crippen LogP contribution in [0.25, 0.3) is 0 Å². The molecule has 1 aromatic carbocycles. The van der Waals surface area contributed by atoms with Gasteiger partial charge in [-0.15, -0.1) is 0 Å². The molecule has 1 aromatic heterocycles. The molecule has 0 aliphatic heterocycles. The maximum absolute atomic E-state index is 12.9. The number of amides is 1. The summed E-state index contributed by atoms with van der Waals surface area (Å²) in [5.74, 6) is -0.943. The fourth-order valence-corrected chi connectivity index (χ4v) is 2.26. The Balaban J connectivity index is 2.20. The number of benzene rings is 1. The Morgan fingerprint density at radius 2 is 2.19 bits per heavy atom. The number of carbonyl (C=O) groups excluding carboxylic acids is 1. The Morgan fingerprint density at radius 3 is 2.71 bits per heavy atom. The summed E-state index contributed by atoms with van der Waals surface area (Å²) in [6.45, 7) is 1.99. The minimum atomic E-state index is -0.571. The molecule has 21 heavy (non-hydrogen) atoms. The molecule has 6 heteroatoms. The third kappa shape index (κ3) is 3.70. The van der Waals surface area contributed by atoms with E-state index in [2.05, 4.69) is 10.3 Å². The molecule has 0 radical (unpaired) electrons. The number of nitrogens with zero attached hydrogens (tertiary/aromatic N) is 1. The number of carbonyl (C=O) groups is 1. The predicted molar refractivity (Wildman–Crippen MR) is 80.8 cm³/mol. The largest absolute Gasteiger partial charge is 0.377 e. The smallest absolute Gasteiger partial charge is 0.250 e. The Bertz CT molecular complexity index is 646. The standard InChI is InChI=1S/C15H15ClFN3O/c1-2-13(14-6-3-9(17)8-19-14)20-10-4-5-11(15(18)21)12(16)7-10/h3-8,13,20H,2H2,1H3,(H2,18,21). The van der Waals surface area contributed by atoms with E-state index in [1.807, 2.05) is 6.92 Å². The van der Waals surface area contributed by atoms with Crippen LogP contribution in [0.5, 0.6) is 0 Å². The van der Waals surface area contributed by atoms with Gasteiger partial charge in [0.1, 0.15) is 5.82 Å². The molecule has 3 N–H and O–H groups in total. The number of aromatic nitrogens is 1. The van der Waals surface area contributed by atoms with E-state index in [0.29, 0.717) is 0 Å². The molecule has 1 amide bonds. The van der Waals surface area contributed by atoms with Crippen LogP contribution in [0.4, 0.5) is 10.1 Å². The molecule has 0 aliphatic rings. The molecular weight excluding hydrogens is 293 g/mol. The van der Waals surface area contributed by atoms with Crippen LogP contribution in [0.3, 0.4) is 0 Å². The number of rotatable bonds is 5. The monoisotopic (exact) mass is 307 g/mol. The van der Waals surface area contributed by atoms with E-state index in [1.54, 1.807) is 24.3 Å². The lowest BCUT2D eigenvalue weighted by atomic mass is 10.1. The second-order valence-electron chi connectivity index (χ2n) is 4.57. The molecule has 0 aliphatic carbocycles. The fraction of sp³-hybridized carbons (Fsp3) is 0.200. The first-order valence-corrected chi connectivity index (χ1v) is 6.86. The van der Waals surface area contributed by atoms with Crippen molar-refractivity contribution in [3.63, 3.8) is 0 Å². The third-order valence-corrected chi connectivity index (χ3v) is 3.40. The minimum Gasteiger partial charge on any atom is -0.377 e. The van der Waals surface area contributed by atoms with Gasteiger partial charge >= 0.3 is 0 Å². The zero-order valence-corrected chi connectivity index (χ0v) is 12.2. The molecule has 2 rings (SSSR count). The molecule has 0 saturated carbocycles. The molecule has 1 atom stereocenters. The number of anilines is 1. The molecule has 1 heterocycles. The number of pyridine rings is 1. The highest BCUT2D eigenvalue weighted by atomic mass is 35.5. The van der Waals surface area contributed by atoms with Crippen molar-refractivity contribution in [2.45, 2.75) is 19.4 Å². The summed E-state index contributed by atoms with van der Waals surface area (Å²) in [7, 11) is 0. The number of halogens is 2. The molecule has 0 spiro atoms. The summed E-state index contributed by atoms with van der Waals surface area (Å²) in [6, 6.07) is 7.84. The zero-order valence-electron chi connectivity index (χ0n) is 11.4. The highest BCUT2D eigenvalue weighted by Crippen LogP contribution is 2.25. The minimum absolute atomic E-state index is 0.0823.